The number of hydrogen-bond donors (Lipinski definition) is 2. The first-order chi connectivity index (χ1) is 9.91. The molecule has 0 aromatic carbocycles. The summed E-state index contributed by atoms with van der Waals surface area (Å²) in [6.45, 7) is 7.99. The Balaban J connectivity index is 2.89. The molecule has 0 radical (unpaired) electrons. The van der Waals surface area contributed by atoms with Gasteiger partial charge >= 0.3 is 0 Å². The molecule has 0 bridgehead atoms. The second kappa shape index (κ2) is 18.8. The SMILES string of the molecule is CCCCONCCCCCCCCNOCCCC. The third kappa shape index (κ3) is 17.8. The first-order valence-electron chi connectivity index (χ1n) is 8.61. The molecule has 0 saturated heterocycles. The molecule has 0 spiro atoms. The lowest BCUT2D eigenvalue weighted by Crippen LogP contribution is -2.17. The van der Waals surface area contributed by atoms with Crippen molar-refractivity contribution >= 4 is 0 Å². The van der Waals surface area contributed by atoms with E-state index in [1.54, 1.807) is 0 Å². The van der Waals surface area contributed by atoms with Crippen LogP contribution in [0.25, 0.3) is 0 Å². The van der Waals surface area contributed by atoms with Crippen LogP contribution in [0.15, 0.2) is 0 Å². The van der Waals surface area contributed by atoms with E-state index in [0.29, 0.717) is 0 Å². The summed E-state index contributed by atoms with van der Waals surface area (Å²) in [7, 11) is 0. The molecule has 122 valence electrons. The van der Waals surface area contributed by atoms with Gasteiger partial charge in [-0.05, 0) is 25.7 Å². The number of hydrogen-bond acceptors (Lipinski definition) is 4. The molecular weight excluding hydrogens is 252 g/mol. The molecule has 0 aromatic heterocycles. The summed E-state index contributed by atoms with van der Waals surface area (Å²) in [6.07, 6.45) is 12.3. The van der Waals surface area contributed by atoms with E-state index in [1.165, 1.54) is 51.4 Å². The number of unbranched alkanes of at least 4 members (excludes halogenated alkanes) is 7. The van der Waals surface area contributed by atoms with Crippen LogP contribution < -0.4 is 11.0 Å². The predicted octanol–water partition coefficient (Wildman–Crippen LogP) is 3.97. The highest BCUT2D eigenvalue weighted by Crippen LogP contribution is 2.04. The third-order valence-electron chi connectivity index (χ3n) is 3.21. The summed E-state index contributed by atoms with van der Waals surface area (Å²) in [5, 5.41) is 0. The average Bonchev–Trinajstić information content (AvgIpc) is 2.47. The molecular formula is C16H36N2O2. The lowest BCUT2D eigenvalue weighted by atomic mass is 10.1. The highest BCUT2D eigenvalue weighted by Gasteiger charge is 1.93. The number of hydroxylamine groups is 2. The molecule has 4 nitrogen and oxygen atoms in total. The van der Waals surface area contributed by atoms with Gasteiger partial charge in [0.2, 0.25) is 0 Å². The van der Waals surface area contributed by atoms with Gasteiger partial charge in [-0.2, -0.15) is 0 Å². The molecule has 0 aromatic rings. The molecule has 0 saturated carbocycles. The summed E-state index contributed by atoms with van der Waals surface area (Å²) in [6, 6.07) is 0. The van der Waals surface area contributed by atoms with Crippen molar-refractivity contribution < 1.29 is 9.68 Å². The van der Waals surface area contributed by atoms with E-state index < -0.39 is 0 Å². The second-order valence-corrected chi connectivity index (χ2v) is 5.31. The molecule has 20 heavy (non-hydrogen) atoms. The van der Waals surface area contributed by atoms with Crippen molar-refractivity contribution in [3.8, 4) is 0 Å². The smallest absolute Gasteiger partial charge is 0.0682 e. The van der Waals surface area contributed by atoms with Gasteiger partial charge in [-0.3, -0.25) is 0 Å². The third-order valence-corrected chi connectivity index (χ3v) is 3.21. The molecule has 0 aliphatic heterocycles. The van der Waals surface area contributed by atoms with Crippen LogP contribution in [0.3, 0.4) is 0 Å². The Hall–Kier alpha value is -0.160. The minimum atomic E-state index is 0.837. The fourth-order valence-electron chi connectivity index (χ4n) is 1.82. The first kappa shape index (κ1) is 19.8. The Bertz CT molecular complexity index is 151. The summed E-state index contributed by atoms with van der Waals surface area (Å²) >= 11 is 0. The van der Waals surface area contributed by atoms with Gasteiger partial charge in [0.25, 0.3) is 0 Å². The highest BCUT2D eigenvalue weighted by atomic mass is 16.6. The maximum absolute atomic E-state index is 5.30. The van der Waals surface area contributed by atoms with Gasteiger partial charge in [0.1, 0.15) is 0 Å². The van der Waals surface area contributed by atoms with E-state index >= 15 is 0 Å². The Morgan fingerprint density at radius 2 is 0.950 bits per heavy atom. The zero-order valence-corrected chi connectivity index (χ0v) is 13.7. The van der Waals surface area contributed by atoms with Crippen molar-refractivity contribution in [2.75, 3.05) is 26.3 Å². The van der Waals surface area contributed by atoms with E-state index in [-0.39, 0.29) is 0 Å². The summed E-state index contributed by atoms with van der Waals surface area (Å²) in [4.78, 5) is 10.6. The second-order valence-electron chi connectivity index (χ2n) is 5.31. The molecule has 4 heteroatoms. The minimum absolute atomic E-state index is 0.837. The molecule has 0 aliphatic carbocycles. The van der Waals surface area contributed by atoms with Crippen molar-refractivity contribution in [3.05, 3.63) is 0 Å². The molecule has 0 aliphatic rings. The highest BCUT2D eigenvalue weighted by molar-refractivity contribution is 4.47. The maximum Gasteiger partial charge on any atom is 0.0682 e. The van der Waals surface area contributed by atoms with E-state index in [1.807, 2.05) is 0 Å². The van der Waals surface area contributed by atoms with Crippen LogP contribution in [0.4, 0.5) is 0 Å². The van der Waals surface area contributed by atoms with Gasteiger partial charge in [-0.15, -0.1) is 0 Å². The standard InChI is InChI=1S/C16H36N2O2/c1-3-5-15-19-17-13-11-9-7-8-10-12-14-18-20-16-6-4-2/h17-18H,3-16H2,1-2H3. The van der Waals surface area contributed by atoms with Crippen LogP contribution in [-0.4, -0.2) is 26.3 Å². The van der Waals surface area contributed by atoms with E-state index in [0.717, 1.165) is 39.1 Å². The average molecular weight is 288 g/mol. The maximum atomic E-state index is 5.30. The van der Waals surface area contributed by atoms with Gasteiger partial charge in [0.15, 0.2) is 0 Å². The fraction of sp³-hybridized carbons (Fsp3) is 1.00. The van der Waals surface area contributed by atoms with Crippen LogP contribution in [0.2, 0.25) is 0 Å². The summed E-state index contributed by atoms with van der Waals surface area (Å²) < 4.78 is 0. The van der Waals surface area contributed by atoms with Gasteiger partial charge in [-0.25, -0.2) is 11.0 Å². The Kier molecular flexibility index (Phi) is 18.7. The van der Waals surface area contributed by atoms with E-state index in [2.05, 4.69) is 24.8 Å². The van der Waals surface area contributed by atoms with Crippen LogP contribution in [-0.2, 0) is 9.68 Å². The van der Waals surface area contributed by atoms with Crippen LogP contribution >= 0.6 is 0 Å². The van der Waals surface area contributed by atoms with Crippen molar-refractivity contribution in [1.82, 2.24) is 11.0 Å². The van der Waals surface area contributed by atoms with E-state index in [4.69, 9.17) is 9.68 Å². The molecule has 0 amide bonds. The zero-order valence-electron chi connectivity index (χ0n) is 13.7. The van der Waals surface area contributed by atoms with Gasteiger partial charge in [0, 0.05) is 13.1 Å². The summed E-state index contributed by atoms with van der Waals surface area (Å²) in [5.41, 5.74) is 6.06. The van der Waals surface area contributed by atoms with E-state index in [9.17, 15) is 0 Å². The topological polar surface area (TPSA) is 42.5 Å². The summed E-state index contributed by atoms with van der Waals surface area (Å²) in [5.74, 6) is 0. The lowest BCUT2D eigenvalue weighted by molar-refractivity contribution is 0.0378. The van der Waals surface area contributed by atoms with Crippen molar-refractivity contribution in [2.24, 2.45) is 0 Å². The van der Waals surface area contributed by atoms with Gasteiger partial charge in [0.05, 0.1) is 13.2 Å². The number of nitrogens with one attached hydrogen (secondary N) is 2. The number of rotatable bonds is 17. The molecule has 0 atom stereocenters. The normalized spacial score (nSPS) is 11.1. The predicted molar refractivity (Wildman–Crippen MR) is 85.4 cm³/mol. The van der Waals surface area contributed by atoms with Crippen molar-refractivity contribution in [3.63, 3.8) is 0 Å². The molecule has 0 heterocycles. The fourth-order valence-corrected chi connectivity index (χ4v) is 1.82. The van der Waals surface area contributed by atoms with Crippen molar-refractivity contribution in [1.29, 1.82) is 0 Å². The molecule has 0 rings (SSSR count). The van der Waals surface area contributed by atoms with Crippen LogP contribution in [0.5, 0.6) is 0 Å². The Morgan fingerprint density at radius 3 is 1.35 bits per heavy atom. The van der Waals surface area contributed by atoms with Crippen LogP contribution in [0, 0.1) is 0 Å². The molecule has 2 N–H and O–H groups in total. The molecule has 0 unspecified atom stereocenters. The zero-order chi connectivity index (χ0) is 14.7. The largest absolute Gasteiger partial charge is 0.302 e. The molecule has 0 fully saturated rings. The van der Waals surface area contributed by atoms with Gasteiger partial charge in [-0.1, -0.05) is 52.4 Å². The lowest BCUT2D eigenvalue weighted by Gasteiger charge is -2.06. The minimum Gasteiger partial charge on any atom is -0.302 e. The Labute approximate surface area is 125 Å². The Morgan fingerprint density at radius 1 is 0.550 bits per heavy atom. The van der Waals surface area contributed by atoms with Crippen LogP contribution in [0.1, 0.15) is 78.1 Å². The monoisotopic (exact) mass is 288 g/mol. The quantitative estimate of drug-likeness (QED) is 0.314. The van der Waals surface area contributed by atoms with Crippen molar-refractivity contribution in [2.45, 2.75) is 78.1 Å². The first-order valence-corrected chi connectivity index (χ1v) is 8.61. The van der Waals surface area contributed by atoms with Gasteiger partial charge < -0.3 is 9.68 Å².